The van der Waals surface area contributed by atoms with Gasteiger partial charge in [0.2, 0.25) is 0 Å². The van der Waals surface area contributed by atoms with E-state index in [2.05, 4.69) is 0 Å². The molecular formula is C14H21N3O3S. The molecule has 0 radical (unpaired) electrons. The van der Waals surface area contributed by atoms with Crippen LogP contribution in [0.5, 0.6) is 5.75 Å². The van der Waals surface area contributed by atoms with Crippen LogP contribution in [0.1, 0.15) is 17.5 Å². The van der Waals surface area contributed by atoms with Crippen LogP contribution in [0.2, 0.25) is 0 Å². The van der Waals surface area contributed by atoms with Crippen LogP contribution < -0.4 is 10.5 Å². The Labute approximate surface area is 125 Å². The van der Waals surface area contributed by atoms with E-state index in [4.69, 9.17) is 15.9 Å². The van der Waals surface area contributed by atoms with Crippen LogP contribution in [-0.2, 0) is 16.4 Å². The molecule has 1 aromatic rings. The van der Waals surface area contributed by atoms with Crippen molar-refractivity contribution in [2.24, 2.45) is 5.73 Å². The summed E-state index contributed by atoms with van der Waals surface area (Å²) < 4.78 is 28.3. The molecule has 1 atom stereocenters. The number of methoxy groups -OCH3 is 1. The lowest BCUT2D eigenvalue weighted by atomic mass is 10.1. The number of nitrogens with zero attached hydrogens (tertiary/aromatic N) is 1. The van der Waals surface area contributed by atoms with Crippen molar-refractivity contribution in [3.63, 3.8) is 0 Å². The van der Waals surface area contributed by atoms with Gasteiger partial charge in [-0.05, 0) is 31.2 Å². The molecule has 0 spiro atoms. The number of benzene rings is 1. The summed E-state index contributed by atoms with van der Waals surface area (Å²) in [6.07, 6.45) is 0.682. The van der Waals surface area contributed by atoms with Crippen molar-refractivity contribution in [2.75, 3.05) is 25.7 Å². The van der Waals surface area contributed by atoms with Crippen LogP contribution in [0.15, 0.2) is 18.2 Å². The maximum atomic E-state index is 11.5. The lowest BCUT2D eigenvalue weighted by molar-refractivity contribution is 0.253. The predicted molar refractivity (Wildman–Crippen MR) is 82.5 cm³/mol. The lowest BCUT2D eigenvalue weighted by Crippen LogP contribution is -2.32. The highest BCUT2D eigenvalue weighted by atomic mass is 32.2. The van der Waals surface area contributed by atoms with E-state index in [0.717, 1.165) is 5.56 Å². The molecule has 0 amide bonds. The average Bonchev–Trinajstić information content (AvgIpc) is 2.78. The Kier molecular flexibility index (Phi) is 4.53. The Morgan fingerprint density at radius 2 is 2.24 bits per heavy atom. The summed E-state index contributed by atoms with van der Waals surface area (Å²) in [7, 11) is 0.593. The molecule has 1 aliphatic heterocycles. The molecule has 0 aliphatic carbocycles. The summed E-state index contributed by atoms with van der Waals surface area (Å²) in [5.74, 6) is 1.03. The number of nitrogens with two attached hydrogens (primary N) is 1. The lowest BCUT2D eigenvalue weighted by Gasteiger charge is -2.23. The second-order valence-corrected chi connectivity index (χ2v) is 7.65. The number of sulfone groups is 1. The molecule has 0 bridgehead atoms. The smallest absolute Gasteiger partial charge is 0.151 e. The fourth-order valence-corrected chi connectivity index (χ4v) is 4.40. The molecule has 1 unspecified atom stereocenters. The molecule has 0 aromatic heterocycles. The van der Waals surface area contributed by atoms with Gasteiger partial charge in [0.15, 0.2) is 9.84 Å². The largest absolute Gasteiger partial charge is 0.496 e. The third-order valence-corrected chi connectivity index (χ3v) is 5.57. The summed E-state index contributed by atoms with van der Waals surface area (Å²) in [5, 5.41) is 7.49. The SMILES string of the molecule is COc1cc(CN(C)C2CCS(=O)(=O)C2)ccc1C(=N)N. The molecule has 21 heavy (non-hydrogen) atoms. The van der Waals surface area contributed by atoms with Gasteiger partial charge in [-0.2, -0.15) is 0 Å². The molecule has 1 saturated heterocycles. The quantitative estimate of drug-likeness (QED) is 0.613. The molecule has 3 N–H and O–H groups in total. The third-order valence-electron chi connectivity index (χ3n) is 3.82. The third kappa shape index (κ3) is 3.74. The number of hydrogen-bond donors (Lipinski definition) is 2. The van der Waals surface area contributed by atoms with Crippen molar-refractivity contribution in [3.8, 4) is 5.75 Å². The van der Waals surface area contributed by atoms with Crippen molar-refractivity contribution in [2.45, 2.75) is 19.0 Å². The van der Waals surface area contributed by atoms with E-state index in [1.54, 1.807) is 13.2 Å². The summed E-state index contributed by atoms with van der Waals surface area (Å²) in [6.45, 7) is 0.634. The van der Waals surface area contributed by atoms with Crippen molar-refractivity contribution in [1.29, 1.82) is 5.41 Å². The average molecular weight is 311 g/mol. The van der Waals surface area contributed by atoms with Gasteiger partial charge in [-0.15, -0.1) is 0 Å². The number of rotatable bonds is 5. The Balaban J connectivity index is 2.11. The van der Waals surface area contributed by atoms with E-state index in [1.807, 2.05) is 24.1 Å². The number of nitrogen functional groups attached to an aromatic ring is 1. The summed E-state index contributed by atoms with van der Waals surface area (Å²) in [4.78, 5) is 2.05. The molecule has 6 nitrogen and oxygen atoms in total. The van der Waals surface area contributed by atoms with Crippen molar-refractivity contribution in [3.05, 3.63) is 29.3 Å². The first-order valence-corrected chi connectivity index (χ1v) is 8.56. The van der Waals surface area contributed by atoms with E-state index in [9.17, 15) is 8.42 Å². The maximum Gasteiger partial charge on any atom is 0.151 e. The topological polar surface area (TPSA) is 96.5 Å². The molecule has 1 heterocycles. The zero-order chi connectivity index (χ0) is 15.6. The van der Waals surface area contributed by atoms with Crippen LogP contribution in [-0.4, -0.2) is 50.9 Å². The summed E-state index contributed by atoms with van der Waals surface area (Å²) >= 11 is 0. The monoisotopic (exact) mass is 311 g/mol. The zero-order valence-corrected chi connectivity index (χ0v) is 13.1. The predicted octanol–water partition coefficient (Wildman–Crippen LogP) is 0.598. The Hall–Kier alpha value is -1.60. The normalized spacial score (nSPS) is 20.6. The van der Waals surface area contributed by atoms with Crippen LogP contribution >= 0.6 is 0 Å². The molecule has 0 saturated carbocycles. The summed E-state index contributed by atoms with van der Waals surface area (Å²) in [5.41, 5.74) is 7.06. The number of ether oxygens (including phenoxy) is 1. The number of nitrogens with one attached hydrogen (secondary N) is 1. The first-order chi connectivity index (χ1) is 9.82. The van der Waals surface area contributed by atoms with Gasteiger partial charge in [0, 0.05) is 12.6 Å². The second kappa shape index (κ2) is 6.03. The molecule has 1 aliphatic rings. The Morgan fingerprint density at radius 1 is 1.52 bits per heavy atom. The standard InChI is InChI=1S/C14H21N3O3S/c1-17(11-5-6-21(18,19)9-11)8-10-3-4-12(14(15)16)13(7-10)20-2/h3-4,7,11H,5-6,8-9H2,1-2H3,(H3,15,16). The van der Waals surface area contributed by atoms with E-state index in [1.165, 1.54) is 0 Å². The molecular weight excluding hydrogens is 290 g/mol. The number of hydrogen-bond acceptors (Lipinski definition) is 5. The van der Waals surface area contributed by atoms with Gasteiger partial charge in [-0.1, -0.05) is 6.07 Å². The second-order valence-electron chi connectivity index (χ2n) is 5.42. The van der Waals surface area contributed by atoms with Crippen LogP contribution in [0.25, 0.3) is 0 Å². The van der Waals surface area contributed by atoms with Crippen molar-refractivity contribution >= 4 is 15.7 Å². The van der Waals surface area contributed by atoms with Gasteiger partial charge in [0.05, 0.1) is 24.2 Å². The zero-order valence-electron chi connectivity index (χ0n) is 12.3. The van der Waals surface area contributed by atoms with Crippen LogP contribution in [0.3, 0.4) is 0 Å². The maximum absolute atomic E-state index is 11.5. The highest BCUT2D eigenvalue weighted by Crippen LogP contribution is 2.23. The molecule has 2 rings (SSSR count). The highest BCUT2D eigenvalue weighted by Gasteiger charge is 2.30. The molecule has 7 heteroatoms. The van der Waals surface area contributed by atoms with E-state index in [0.29, 0.717) is 24.3 Å². The molecule has 1 aromatic carbocycles. The fourth-order valence-electron chi connectivity index (χ4n) is 2.60. The van der Waals surface area contributed by atoms with Gasteiger partial charge in [0.25, 0.3) is 0 Å². The highest BCUT2D eigenvalue weighted by molar-refractivity contribution is 7.91. The first-order valence-electron chi connectivity index (χ1n) is 6.74. The van der Waals surface area contributed by atoms with Crippen molar-refractivity contribution in [1.82, 2.24) is 4.90 Å². The van der Waals surface area contributed by atoms with Gasteiger partial charge in [-0.25, -0.2) is 8.42 Å². The minimum atomic E-state index is -2.87. The van der Waals surface area contributed by atoms with E-state index in [-0.39, 0.29) is 23.4 Å². The van der Waals surface area contributed by atoms with Gasteiger partial charge < -0.3 is 10.5 Å². The Morgan fingerprint density at radius 3 is 2.76 bits per heavy atom. The minimum Gasteiger partial charge on any atom is -0.496 e. The van der Waals surface area contributed by atoms with Crippen molar-refractivity contribution < 1.29 is 13.2 Å². The summed E-state index contributed by atoms with van der Waals surface area (Å²) in [6, 6.07) is 5.56. The van der Waals surface area contributed by atoms with Crippen LogP contribution in [0.4, 0.5) is 0 Å². The van der Waals surface area contributed by atoms with Gasteiger partial charge in [0.1, 0.15) is 11.6 Å². The fraction of sp³-hybridized carbons (Fsp3) is 0.500. The number of amidine groups is 1. The molecule has 116 valence electrons. The molecule has 1 fully saturated rings. The minimum absolute atomic E-state index is 0.0337. The Bertz CT molecular complexity index is 643. The van der Waals surface area contributed by atoms with Gasteiger partial charge >= 0.3 is 0 Å². The van der Waals surface area contributed by atoms with Crippen LogP contribution in [0, 0.1) is 5.41 Å². The first kappa shape index (κ1) is 15.8. The van der Waals surface area contributed by atoms with Gasteiger partial charge in [-0.3, -0.25) is 10.3 Å². The van der Waals surface area contributed by atoms with E-state index < -0.39 is 9.84 Å². The van der Waals surface area contributed by atoms with E-state index >= 15 is 0 Å².